The van der Waals surface area contributed by atoms with Crippen LogP contribution in [0, 0.1) is 5.92 Å². The minimum absolute atomic E-state index is 0.344. The molecular weight excluding hydrogens is 148 g/mol. The van der Waals surface area contributed by atoms with Gasteiger partial charge in [0.15, 0.2) is 5.78 Å². The van der Waals surface area contributed by atoms with Crippen LogP contribution in [-0.2, 0) is 4.79 Å². The van der Waals surface area contributed by atoms with E-state index >= 15 is 0 Å². The van der Waals surface area contributed by atoms with Gasteiger partial charge in [-0.15, -0.1) is 0 Å². The number of carbonyl (C=O) groups excluding carboxylic acids is 1. The molecule has 0 aromatic rings. The molecule has 0 N–H and O–H groups in total. The van der Waals surface area contributed by atoms with Crippen LogP contribution in [0.1, 0.15) is 46.0 Å². The summed E-state index contributed by atoms with van der Waals surface area (Å²) in [6.45, 7) is 4.22. The summed E-state index contributed by atoms with van der Waals surface area (Å²) in [5, 5.41) is 0. The Morgan fingerprint density at radius 1 is 1.33 bits per heavy atom. The van der Waals surface area contributed by atoms with Crippen LogP contribution in [0.25, 0.3) is 0 Å². The van der Waals surface area contributed by atoms with Crippen molar-refractivity contribution in [3.8, 4) is 0 Å². The Labute approximate surface area is 74.9 Å². The van der Waals surface area contributed by atoms with Crippen molar-refractivity contribution >= 4 is 5.78 Å². The van der Waals surface area contributed by atoms with Crippen LogP contribution in [0.4, 0.5) is 0 Å². The molecule has 0 amide bonds. The van der Waals surface area contributed by atoms with Gasteiger partial charge in [-0.2, -0.15) is 0 Å². The summed E-state index contributed by atoms with van der Waals surface area (Å²) in [7, 11) is 0. The highest BCUT2D eigenvalue weighted by molar-refractivity contribution is 5.90. The Kier molecular flexibility index (Phi) is 3.51. The Bertz CT molecular complexity index is 181. The second-order valence-corrected chi connectivity index (χ2v) is 3.62. The average Bonchev–Trinajstić information content (AvgIpc) is 2.84. The first-order valence-electron chi connectivity index (χ1n) is 4.98. The van der Waals surface area contributed by atoms with Crippen LogP contribution in [0.15, 0.2) is 11.6 Å². The lowest BCUT2D eigenvalue weighted by atomic mass is 10.1. The van der Waals surface area contributed by atoms with Crippen molar-refractivity contribution in [2.24, 2.45) is 5.92 Å². The highest BCUT2D eigenvalue weighted by Crippen LogP contribution is 2.32. The monoisotopic (exact) mass is 166 g/mol. The minimum atomic E-state index is 0.344. The summed E-state index contributed by atoms with van der Waals surface area (Å²) in [5.41, 5.74) is 1.29. The molecule has 0 bridgehead atoms. The van der Waals surface area contributed by atoms with Crippen LogP contribution in [0.2, 0.25) is 0 Å². The molecule has 0 radical (unpaired) electrons. The van der Waals surface area contributed by atoms with E-state index in [1.54, 1.807) is 0 Å². The third-order valence-electron chi connectivity index (χ3n) is 2.46. The number of hydrogen-bond donors (Lipinski definition) is 0. The summed E-state index contributed by atoms with van der Waals surface area (Å²) >= 11 is 0. The largest absolute Gasteiger partial charge is 0.295 e. The SMILES string of the molecule is CCC(=CC(=O)CC1CC1)CC. The Morgan fingerprint density at radius 2 is 1.92 bits per heavy atom. The smallest absolute Gasteiger partial charge is 0.155 e. The molecule has 1 nitrogen and oxygen atoms in total. The van der Waals surface area contributed by atoms with E-state index in [0.29, 0.717) is 5.78 Å². The lowest BCUT2D eigenvalue weighted by Crippen LogP contribution is -1.95. The maximum atomic E-state index is 11.3. The topological polar surface area (TPSA) is 17.1 Å². The van der Waals surface area contributed by atoms with Gasteiger partial charge in [-0.1, -0.05) is 19.4 Å². The van der Waals surface area contributed by atoms with E-state index in [-0.39, 0.29) is 0 Å². The third kappa shape index (κ3) is 3.21. The maximum absolute atomic E-state index is 11.3. The normalized spacial score (nSPS) is 15.8. The Balaban J connectivity index is 2.34. The van der Waals surface area contributed by atoms with Crippen LogP contribution < -0.4 is 0 Å². The second kappa shape index (κ2) is 4.44. The van der Waals surface area contributed by atoms with Crippen molar-refractivity contribution in [3.05, 3.63) is 11.6 Å². The molecular formula is C11H18O. The number of rotatable bonds is 5. The molecule has 0 spiro atoms. The number of ketones is 1. The van der Waals surface area contributed by atoms with Crippen LogP contribution in [-0.4, -0.2) is 5.78 Å². The van der Waals surface area contributed by atoms with Crippen molar-refractivity contribution < 1.29 is 4.79 Å². The lowest BCUT2D eigenvalue weighted by molar-refractivity contribution is -0.114. The second-order valence-electron chi connectivity index (χ2n) is 3.62. The van der Waals surface area contributed by atoms with Crippen LogP contribution in [0.3, 0.4) is 0 Å². The molecule has 0 unspecified atom stereocenters. The zero-order valence-corrected chi connectivity index (χ0v) is 8.10. The summed E-state index contributed by atoms with van der Waals surface area (Å²) in [5.74, 6) is 1.07. The first-order chi connectivity index (χ1) is 5.76. The van der Waals surface area contributed by atoms with Crippen molar-refractivity contribution in [2.45, 2.75) is 46.0 Å². The van der Waals surface area contributed by atoms with Gasteiger partial charge in [0.05, 0.1) is 0 Å². The summed E-state index contributed by atoms with van der Waals surface area (Å²) < 4.78 is 0. The van der Waals surface area contributed by atoms with Gasteiger partial charge in [0.2, 0.25) is 0 Å². The van der Waals surface area contributed by atoms with Gasteiger partial charge in [0.1, 0.15) is 0 Å². The zero-order chi connectivity index (χ0) is 8.97. The standard InChI is InChI=1S/C11H18O/c1-3-9(4-2)7-11(12)8-10-5-6-10/h7,10H,3-6,8H2,1-2H3. The van der Waals surface area contributed by atoms with E-state index in [4.69, 9.17) is 0 Å². The molecule has 1 rings (SSSR count). The lowest BCUT2D eigenvalue weighted by Gasteiger charge is -1.98. The molecule has 0 aliphatic heterocycles. The van der Waals surface area contributed by atoms with E-state index in [0.717, 1.165) is 25.2 Å². The molecule has 0 atom stereocenters. The van der Waals surface area contributed by atoms with Crippen molar-refractivity contribution in [1.82, 2.24) is 0 Å². The van der Waals surface area contributed by atoms with Gasteiger partial charge >= 0.3 is 0 Å². The van der Waals surface area contributed by atoms with Crippen LogP contribution in [0.5, 0.6) is 0 Å². The third-order valence-corrected chi connectivity index (χ3v) is 2.46. The predicted octanol–water partition coefficient (Wildman–Crippen LogP) is 3.10. The zero-order valence-electron chi connectivity index (χ0n) is 8.10. The quantitative estimate of drug-likeness (QED) is 0.573. The maximum Gasteiger partial charge on any atom is 0.155 e. The highest BCUT2D eigenvalue weighted by Gasteiger charge is 2.23. The van der Waals surface area contributed by atoms with Gasteiger partial charge in [-0.05, 0) is 37.7 Å². The first kappa shape index (κ1) is 9.50. The number of carbonyl (C=O) groups is 1. The van der Waals surface area contributed by atoms with E-state index in [1.165, 1.54) is 18.4 Å². The van der Waals surface area contributed by atoms with Gasteiger partial charge in [-0.25, -0.2) is 0 Å². The predicted molar refractivity (Wildman–Crippen MR) is 51.0 cm³/mol. The van der Waals surface area contributed by atoms with E-state index in [1.807, 2.05) is 6.08 Å². The number of allylic oxidation sites excluding steroid dienone is 2. The fourth-order valence-corrected chi connectivity index (χ4v) is 1.35. The van der Waals surface area contributed by atoms with E-state index in [9.17, 15) is 4.79 Å². The molecule has 0 heterocycles. The van der Waals surface area contributed by atoms with Crippen LogP contribution >= 0.6 is 0 Å². The molecule has 68 valence electrons. The van der Waals surface area contributed by atoms with Crippen molar-refractivity contribution in [2.75, 3.05) is 0 Å². The Morgan fingerprint density at radius 3 is 2.33 bits per heavy atom. The molecule has 1 heteroatoms. The average molecular weight is 166 g/mol. The van der Waals surface area contributed by atoms with Gasteiger partial charge < -0.3 is 0 Å². The van der Waals surface area contributed by atoms with Gasteiger partial charge in [0, 0.05) is 6.42 Å². The highest BCUT2D eigenvalue weighted by atomic mass is 16.1. The van der Waals surface area contributed by atoms with E-state index in [2.05, 4.69) is 13.8 Å². The fraction of sp³-hybridized carbons (Fsp3) is 0.727. The number of hydrogen-bond acceptors (Lipinski definition) is 1. The minimum Gasteiger partial charge on any atom is -0.295 e. The molecule has 1 fully saturated rings. The molecule has 12 heavy (non-hydrogen) atoms. The fourth-order valence-electron chi connectivity index (χ4n) is 1.35. The molecule has 1 aliphatic rings. The van der Waals surface area contributed by atoms with Crippen molar-refractivity contribution in [1.29, 1.82) is 0 Å². The molecule has 0 saturated heterocycles. The van der Waals surface area contributed by atoms with Crippen molar-refractivity contribution in [3.63, 3.8) is 0 Å². The summed E-state index contributed by atoms with van der Waals surface area (Å²) in [4.78, 5) is 11.3. The Hall–Kier alpha value is -0.590. The van der Waals surface area contributed by atoms with E-state index < -0.39 is 0 Å². The summed E-state index contributed by atoms with van der Waals surface area (Å²) in [6, 6.07) is 0. The van der Waals surface area contributed by atoms with Gasteiger partial charge in [0.25, 0.3) is 0 Å². The molecule has 0 aromatic carbocycles. The molecule has 1 aliphatic carbocycles. The van der Waals surface area contributed by atoms with Gasteiger partial charge in [-0.3, -0.25) is 4.79 Å². The molecule has 0 aromatic heterocycles. The summed E-state index contributed by atoms with van der Waals surface area (Å²) in [6.07, 6.45) is 7.24. The molecule has 1 saturated carbocycles. The first-order valence-corrected chi connectivity index (χ1v) is 4.98.